The summed E-state index contributed by atoms with van der Waals surface area (Å²) in [6, 6.07) is 10.3. The molecule has 19 heavy (non-hydrogen) atoms. The van der Waals surface area contributed by atoms with Crippen molar-refractivity contribution >= 4 is 17.7 Å². The number of benzene rings is 2. The van der Waals surface area contributed by atoms with Crippen LogP contribution in [0.4, 0.5) is 0 Å². The Kier molecular flexibility index (Phi) is 2.83. The topological polar surface area (TPSA) is 55.8 Å². The van der Waals surface area contributed by atoms with Gasteiger partial charge in [-0.25, -0.2) is 4.79 Å². The summed E-state index contributed by atoms with van der Waals surface area (Å²) in [6.45, 7) is 0. The number of carbonyl (C=O) groups excluding carboxylic acids is 1. The normalized spacial score (nSPS) is 13.0. The van der Waals surface area contributed by atoms with Crippen molar-refractivity contribution in [3.05, 3.63) is 42.0 Å². The number of methoxy groups -OCH3 is 1. The third-order valence-electron chi connectivity index (χ3n) is 2.77. The maximum Gasteiger partial charge on any atom is 0.344 e. The summed E-state index contributed by atoms with van der Waals surface area (Å²) in [5.74, 6) is 0.292. The standard InChI is InChI=1S/C14H10O4S/c1-17-11-7-13-8(6-9(11)15)14(16)18-10-4-2-3-5-12(10)19-13/h2-7,15H,1H3. The van der Waals surface area contributed by atoms with Crippen molar-refractivity contribution in [1.82, 2.24) is 0 Å². The quantitative estimate of drug-likeness (QED) is 0.639. The Bertz CT molecular complexity index is 666. The van der Waals surface area contributed by atoms with E-state index >= 15 is 0 Å². The molecule has 0 radical (unpaired) electrons. The first-order valence-electron chi connectivity index (χ1n) is 5.59. The van der Waals surface area contributed by atoms with Crippen molar-refractivity contribution in [1.29, 1.82) is 0 Å². The Morgan fingerprint density at radius 3 is 2.79 bits per heavy atom. The lowest BCUT2D eigenvalue weighted by Gasteiger charge is -2.08. The molecule has 96 valence electrons. The van der Waals surface area contributed by atoms with Gasteiger partial charge in [-0.15, -0.1) is 0 Å². The second-order valence-corrected chi connectivity index (χ2v) is 5.04. The van der Waals surface area contributed by atoms with Crippen LogP contribution < -0.4 is 9.47 Å². The highest BCUT2D eigenvalue weighted by molar-refractivity contribution is 7.99. The highest BCUT2D eigenvalue weighted by Gasteiger charge is 2.23. The van der Waals surface area contributed by atoms with Crippen LogP contribution in [0.15, 0.2) is 46.2 Å². The van der Waals surface area contributed by atoms with E-state index in [1.807, 2.05) is 12.1 Å². The number of hydrogen-bond acceptors (Lipinski definition) is 5. The number of phenolic OH excluding ortho intramolecular Hbond substituents is 1. The van der Waals surface area contributed by atoms with Crippen molar-refractivity contribution in [2.24, 2.45) is 0 Å². The maximum atomic E-state index is 12.0. The molecule has 0 saturated heterocycles. The van der Waals surface area contributed by atoms with Crippen LogP contribution in [0.3, 0.4) is 0 Å². The minimum absolute atomic E-state index is 0.0789. The van der Waals surface area contributed by atoms with Crippen molar-refractivity contribution in [3.8, 4) is 17.2 Å². The Hall–Kier alpha value is -2.14. The van der Waals surface area contributed by atoms with E-state index in [1.165, 1.54) is 24.9 Å². The van der Waals surface area contributed by atoms with E-state index in [1.54, 1.807) is 18.2 Å². The molecule has 5 heteroatoms. The summed E-state index contributed by atoms with van der Waals surface area (Å²) in [5, 5.41) is 9.75. The minimum Gasteiger partial charge on any atom is -0.504 e. The van der Waals surface area contributed by atoms with E-state index in [4.69, 9.17) is 9.47 Å². The van der Waals surface area contributed by atoms with Gasteiger partial charge in [0.05, 0.1) is 17.6 Å². The summed E-state index contributed by atoms with van der Waals surface area (Å²) < 4.78 is 10.4. The second kappa shape index (κ2) is 4.51. The summed E-state index contributed by atoms with van der Waals surface area (Å²) in [4.78, 5) is 13.6. The lowest BCUT2D eigenvalue weighted by atomic mass is 10.2. The molecule has 0 atom stereocenters. The largest absolute Gasteiger partial charge is 0.504 e. The SMILES string of the molecule is COc1cc2c(cc1O)C(=O)Oc1ccccc1S2. The lowest BCUT2D eigenvalue weighted by Crippen LogP contribution is -2.08. The van der Waals surface area contributed by atoms with Gasteiger partial charge in [-0.1, -0.05) is 23.9 Å². The molecule has 2 aromatic rings. The molecular formula is C14H10O4S. The van der Waals surface area contributed by atoms with Crippen molar-refractivity contribution in [2.75, 3.05) is 7.11 Å². The van der Waals surface area contributed by atoms with Crippen LogP contribution in [0.5, 0.6) is 17.2 Å². The molecule has 1 heterocycles. The highest BCUT2D eigenvalue weighted by Crippen LogP contribution is 2.43. The Morgan fingerprint density at radius 1 is 1.21 bits per heavy atom. The number of para-hydroxylation sites is 1. The summed E-state index contributed by atoms with van der Waals surface area (Å²) >= 11 is 1.41. The lowest BCUT2D eigenvalue weighted by molar-refractivity contribution is 0.0728. The molecule has 2 aromatic carbocycles. The third kappa shape index (κ3) is 2.02. The number of fused-ring (bicyclic) bond motifs is 2. The van der Waals surface area contributed by atoms with Gasteiger partial charge in [-0.3, -0.25) is 0 Å². The average molecular weight is 274 g/mol. The molecule has 0 unspecified atom stereocenters. The number of esters is 1. The number of ether oxygens (including phenoxy) is 2. The van der Waals surface area contributed by atoms with Crippen molar-refractivity contribution < 1.29 is 19.4 Å². The fourth-order valence-electron chi connectivity index (χ4n) is 1.85. The molecule has 4 nitrogen and oxygen atoms in total. The smallest absolute Gasteiger partial charge is 0.344 e. The van der Waals surface area contributed by atoms with E-state index < -0.39 is 5.97 Å². The summed E-state index contributed by atoms with van der Waals surface area (Å²) in [5.41, 5.74) is 0.333. The maximum absolute atomic E-state index is 12.0. The van der Waals surface area contributed by atoms with E-state index in [9.17, 15) is 9.90 Å². The molecular weight excluding hydrogens is 264 g/mol. The first-order valence-corrected chi connectivity index (χ1v) is 6.41. The molecule has 0 bridgehead atoms. The minimum atomic E-state index is -0.481. The number of phenols is 1. The third-order valence-corrected chi connectivity index (χ3v) is 3.89. The molecule has 0 aliphatic carbocycles. The van der Waals surface area contributed by atoms with Gasteiger partial charge in [-0.05, 0) is 24.3 Å². The Morgan fingerprint density at radius 2 is 2.00 bits per heavy atom. The molecule has 3 rings (SSSR count). The van der Waals surface area contributed by atoms with Crippen LogP contribution in [0.25, 0.3) is 0 Å². The first kappa shape index (κ1) is 11.9. The fraction of sp³-hybridized carbons (Fsp3) is 0.0714. The van der Waals surface area contributed by atoms with Gasteiger partial charge < -0.3 is 14.6 Å². The van der Waals surface area contributed by atoms with Crippen LogP contribution in [0.1, 0.15) is 10.4 Å². The van der Waals surface area contributed by atoms with Crippen LogP contribution in [0.2, 0.25) is 0 Å². The molecule has 0 spiro atoms. The zero-order chi connectivity index (χ0) is 13.4. The molecule has 1 aliphatic heterocycles. The van der Waals surface area contributed by atoms with Crippen LogP contribution >= 0.6 is 11.8 Å². The van der Waals surface area contributed by atoms with Gasteiger partial charge in [0.2, 0.25) is 0 Å². The Balaban J connectivity index is 2.17. The summed E-state index contributed by atoms with van der Waals surface area (Å²) in [7, 11) is 1.47. The molecule has 1 N–H and O–H groups in total. The fourth-order valence-corrected chi connectivity index (χ4v) is 2.86. The van der Waals surface area contributed by atoms with E-state index in [2.05, 4.69) is 0 Å². The molecule has 0 amide bonds. The molecule has 0 fully saturated rings. The molecule has 1 aliphatic rings. The zero-order valence-electron chi connectivity index (χ0n) is 10.0. The monoisotopic (exact) mass is 274 g/mol. The van der Waals surface area contributed by atoms with Crippen LogP contribution in [0, 0.1) is 0 Å². The number of hydrogen-bond donors (Lipinski definition) is 1. The van der Waals surface area contributed by atoms with Gasteiger partial charge in [0, 0.05) is 4.90 Å². The van der Waals surface area contributed by atoms with E-state index in [-0.39, 0.29) is 5.75 Å². The van der Waals surface area contributed by atoms with Crippen LogP contribution in [-0.4, -0.2) is 18.2 Å². The van der Waals surface area contributed by atoms with E-state index in [0.29, 0.717) is 22.0 Å². The van der Waals surface area contributed by atoms with Crippen LogP contribution in [-0.2, 0) is 0 Å². The number of rotatable bonds is 1. The molecule has 0 saturated carbocycles. The van der Waals surface area contributed by atoms with Gasteiger partial charge in [-0.2, -0.15) is 0 Å². The predicted molar refractivity (Wildman–Crippen MR) is 70.2 cm³/mol. The van der Waals surface area contributed by atoms with Crippen molar-refractivity contribution in [3.63, 3.8) is 0 Å². The van der Waals surface area contributed by atoms with Gasteiger partial charge >= 0.3 is 5.97 Å². The summed E-state index contributed by atoms with van der Waals surface area (Å²) in [6.07, 6.45) is 0. The average Bonchev–Trinajstić information content (AvgIpc) is 2.54. The Labute approximate surface area is 114 Å². The van der Waals surface area contributed by atoms with Gasteiger partial charge in [0.25, 0.3) is 0 Å². The van der Waals surface area contributed by atoms with Crippen molar-refractivity contribution in [2.45, 2.75) is 9.79 Å². The highest BCUT2D eigenvalue weighted by atomic mass is 32.2. The molecule has 0 aromatic heterocycles. The zero-order valence-corrected chi connectivity index (χ0v) is 10.9. The first-order chi connectivity index (χ1) is 9.19. The number of aromatic hydroxyl groups is 1. The van der Waals surface area contributed by atoms with Gasteiger partial charge in [0.1, 0.15) is 5.75 Å². The second-order valence-electron chi connectivity index (χ2n) is 3.96. The van der Waals surface area contributed by atoms with Gasteiger partial charge in [0.15, 0.2) is 11.5 Å². The predicted octanol–water partition coefficient (Wildman–Crippen LogP) is 3.08. The van der Waals surface area contributed by atoms with E-state index in [0.717, 1.165) is 4.90 Å². The number of carbonyl (C=O) groups is 1.